The van der Waals surface area contributed by atoms with Crippen LogP contribution in [-0.2, 0) is 6.54 Å². The topological polar surface area (TPSA) is 87.5 Å². The van der Waals surface area contributed by atoms with Crippen molar-refractivity contribution in [2.24, 2.45) is 0 Å². The lowest BCUT2D eigenvalue weighted by Crippen LogP contribution is -2.17. The Kier molecular flexibility index (Phi) is 3.84. The van der Waals surface area contributed by atoms with E-state index in [1.54, 1.807) is 30.3 Å². The summed E-state index contributed by atoms with van der Waals surface area (Å²) < 4.78 is 16.7. The summed E-state index contributed by atoms with van der Waals surface area (Å²) in [6.45, 7) is 1.59. The largest absolute Gasteiger partial charge is 0.496 e. The molecular formula is C16H14N2O5. The number of Topliss-reactive ketones (excluding diaryl/α,β-unsaturated/α-hetero) is 1. The van der Waals surface area contributed by atoms with Crippen LogP contribution in [0.25, 0.3) is 11.7 Å². The maximum atomic E-state index is 11.9. The van der Waals surface area contributed by atoms with E-state index in [0.717, 1.165) is 4.68 Å². The smallest absolute Gasteiger partial charge is 0.437 e. The predicted octanol–water partition coefficient (Wildman–Crippen LogP) is 2.36. The molecule has 0 atom stereocenters. The van der Waals surface area contributed by atoms with Gasteiger partial charge in [0.25, 0.3) is 5.89 Å². The normalized spacial score (nSPS) is 10.7. The minimum atomic E-state index is -0.619. The van der Waals surface area contributed by atoms with Gasteiger partial charge in [0.1, 0.15) is 5.75 Å². The van der Waals surface area contributed by atoms with E-state index in [4.69, 9.17) is 13.6 Å². The summed E-state index contributed by atoms with van der Waals surface area (Å²) >= 11 is 0. The number of methoxy groups -OCH3 is 1. The molecule has 0 fully saturated rings. The molecule has 0 saturated heterocycles. The van der Waals surface area contributed by atoms with Gasteiger partial charge in [-0.25, -0.2) is 4.79 Å². The summed E-state index contributed by atoms with van der Waals surface area (Å²) in [6, 6.07) is 8.35. The number of hydrogen-bond acceptors (Lipinski definition) is 6. The number of nitrogens with zero attached hydrogens (tertiary/aromatic N) is 2. The van der Waals surface area contributed by atoms with Crippen molar-refractivity contribution in [3.8, 4) is 17.4 Å². The Morgan fingerprint density at radius 2 is 2.17 bits per heavy atom. The van der Waals surface area contributed by atoms with Crippen molar-refractivity contribution in [3.63, 3.8) is 0 Å². The number of carbonyl (C=O) groups excluding carboxylic acids is 1. The number of carbonyl (C=O) groups is 1. The van der Waals surface area contributed by atoms with E-state index in [-0.39, 0.29) is 18.2 Å². The molecule has 0 amide bonds. The van der Waals surface area contributed by atoms with Crippen LogP contribution in [0.4, 0.5) is 0 Å². The molecule has 118 valence electrons. The SMILES string of the molecule is COc1ccc(C(C)=O)cc1Cn1nc(-c2ccco2)oc1=O. The number of aromatic nitrogens is 2. The van der Waals surface area contributed by atoms with Gasteiger partial charge in [-0.2, -0.15) is 4.68 Å². The van der Waals surface area contributed by atoms with E-state index in [1.165, 1.54) is 20.3 Å². The van der Waals surface area contributed by atoms with Crippen LogP contribution in [0.3, 0.4) is 0 Å². The third kappa shape index (κ3) is 2.94. The molecule has 7 nitrogen and oxygen atoms in total. The Morgan fingerprint density at radius 1 is 1.35 bits per heavy atom. The first-order chi connectivity index (χ1) is 11.1. The molecule has 0 bridgehead atoms. The fourth-order valence-corrected chi connectivity index (χ4v) is 2.19. The Labute approximate surface area is 131 Å². The minimum absolute atomic E-state index is 0.0716. The molecule has 0 N–H and O–H groups in total. The fraction of sp³-hybridized carbons (Fsp3) is 0.188. The van der Waals surface area contributed by atoms with Gasteiger partial charge in [0, 0.05) is 11.1 Å². The first-order valence-corrected chi connectivity index (χ1v) is 6.88. The number of ether oxygens (including phenoxy) is 1. The van der Waals surface area contributed by atoms with Crippen LogP contribution in [-0.4, -0.2) is 22.7 Å². The molecule has 0 radical (unpaired) electrons. The van der Waals surface area contributed by atoms with Gasteiger partial charge in [-0.05, 0) is 37.3 Å². The van der Waals surface area contributed by atoms with Crippen molar-refractivity contribution in [2.45, 2.75) is 13.5 Å². The second-order valence-corrected chi connectivity index (χ2v) is 4.89. The average Bonchev–Trinajstić information content (AvgIpc) is 3.17. The maximum Gasteiger partial charge on any atom is 0.437 e. The van der Waals surface area contributed by atoms with Crippen molar-refractivity contribution in [2.75, 3.05) is 7.11 Å². The third-order valence-electron chi connectivity index (χ3n) is 3.35. The maximum absolute atomic E-state index is 11.9. The molecule has 1 aromatic carbocycles. The van der Waals surface area contributed by atoms with Gasteiger partial charge in [0.05, 0.1) is 19.9 Å². The average molecular weight is 314 g/mol. The van der Waals surface area contributed by atoms with Gasteiger partial charge >= 0.3 is 5.76 Å². The molecule has 0 aliphatic carbocycles. The standard InChI is InChI=1S/C16H14N2O5/c1-10(19)11-5-6-13(21-2)12(8-11)9-18-16(20)23-15(17-18)14-4-3-7-22-14/h3-8H,9H2,1-2H3. The van der Waals surface area contributed by atoms with Gasteiger partial charge < -0.3 is 13.6 Å². The summed E-state index contributed by atoms with van der Waals surface area (Å²) in [4.78, 5) is 23.5. The van der Waals surface area contributed by atoms with Crippen molar-refractivity contribution in [1.82, 2.24) is 9.78 Å². The Morgan fingerprint density at radius 3 is 2.83 bits per heavy atom. The summed E-state index contributed by atoms with van der Waals surface area (Å²) in [6.07, 6.45) is 1.47. The lowest BCUT2D eigenvalue weighted by Gasteiger charge is -2.09. The van der Waals surface area contributed by atoms with Gasteiger partial charge in [-0.3, -0.25) is 4.79 Å². The Balaban J connectivity index is 1.97. The van der Waals surface area contributed by atoms with Gasteiger partial charge in [0.15, 0.2) is 11.5 Å². The fourth-order valence-electron chi connectivity index (χ4n) is 2.19. The molecule has 0 aliphatic heterocycles. The number of rotatable bonds is 5. The van der Waals surface area contributed by atoms with E-state index in [1.807, 2.05) is 0 Å². The Bertz CT molecular complexity index is 890. The first-order valence-electron chi connectivity index (χ1n) is 6.88. The molecule has 0 spiro atoms. The predicted molar refractivity (Wildman–Crippen MR) is 80.6 cm³/mol. The van der Waals surface area contributed by atoms with Gasteiger partial charge in [-0.15, -0.1) is 5.10 Å². The minimum Gasteiger partial charge on any atom is -0.496 e. The molecule has 0 saturated carbocycles. The third-order valence-corrected chi connectivity index (χ3v) is 3.35. The molecule has 0 unspecified atom stereocenters. The van der Waals surface area contributed by atoms with Crippen molar-refractivity contribution in [3.05, 3.63) is 58.3 Å². The monoisotopic (exact) mass is 314 g/mol. The Hall–Kier alpha value is -3.09. The highest BCUT2D eigenvalue weighted by molar-refractivity contribution is 5.94. The second kappa shape index (κ2) is 5.96. The highest BCUT2D eigenvalue weighted by Crippen LogP contribution is 2.22. The van der Waals surface area contributed by atoms with Crippen LogP contribution >= 0.6 is 0 Å². The molecular weight excluding hydrogens is 300 g/mol. The zero-order chi connectivity index (χ0) is 16.4. The van der Waals surface area contributed by atoms with Crippen LogP contribution < -0.4 is 10.5 Å². The second-order valence-electron chi connectivity index (χ2n) is 4.89. The summed E-state index contributed by atoms with van der Waals surface area (Å²) in [5.74, 6) is 0.334. The molecule has 2 heterocycles. The van der Waals surface area contributed by atoms with E-state index in [2.05, 4.69) is 5.10 Å². The zero-order valence-corrected chi connectivity index (χ0v) is 12.6. The lowest BCUT2D eigenvalue weighted by molar-refractivity contribution is 0.101. The highest BCUT2D eigenvalue weighted by Gasteiger charge is 2.15. The van der Waals surface area contributed by atoms with Gasteiger partial charge in [0.2, 0.25) is 0 Å². The highest BCUT2D eigenvalue weighted by atomic mass is 16.5. The van der Waals surface area contributed by atoms with Crippen molar-refractivity contribution >= 4 is 5.78 Å². The lowest BCUT2D eigenvalue weighted by atomic mass is 10.1. The van der Waals surface area contributed by atoms with Crippen LogP contribution in [0, 0.1) is 0 Å². The van der Waals surface area contributed by atoms with E-state index in [0.29, 0.717) is 22.6 Å². The van der Waals surface area contributed by atoms with E-state index < -0.39 is 5.76 Å². The number of benzene rings is 1. The van der Waals surface area contributed by atoms with Crippen molar-refractivity contribution in [1.29, 1.82) is 0 Å². The number of hydrogen-bond donors (Lipinski definition) is 0. The first kappa shape index (κ1) is 14.8. The molecule has 7 heteroatoms. The molecule has 2 aromatic heterocycles. The number of furan rings is 1. The summed E-state index contributed by atoms with van der Waals surface area (Å²) in [5.41, 5.74) is 1.19. The molecule has 23 heavy (non-hydrogen) atoms. The van der Waals surface area contributed by atoms with E-state index >= 15 is 0 Å². The summed E-state index contributed by atoms with van der Waals surface area (Å²) in [7, 11) is 1.52. The van der Waals surface area contributed by atoms with Crippen molar-refractivity contribution < 1.29 is 18.4 Å². The van der Waals surface area contributed by atoms with Crippen LogP contribution in [0.15, 0.2) is 50.2 Å². The zero-order valence-electron chi connectivity index (χ0n) is 12.6. The molecule has 3 aromatic rings. The quantitative estimate of drug-likeness (QED) is 0.672. The molecule has 0 aliphatic rings. The molecule has 3 rings (SSSR count). The number of ketones is 1. The van der Waals surface area contributed by atoms with E-state index in [9.17, 15) is 9.59 Å². The van der Waals surface area contributed by atoms with Crippen LogP contribution in [0.1, 0.15) is 22.8 Å². The van der Waals surface area contributed by atoms with Crippen LogP contribution in [0.5, 0.6) is 5.75 Å². The van der Waals surface area contributed by atoms with Gasteiger partial charge in [-0.1, -0.05) is 0 Å². The summed E-state index contributed by atoms with van der Waals surface area (Å²) in [5, 5.41) is 4.10. The van der Waals surface area contributed by atoms with Crippen LogP contribution in [0.2, 0.25) is 0 Å².